The van der Waals surface area contributed by atoms with Crippen molar-refractivity contribution in [1.29, 1.82) is 0 Å². The van der Waals surface area contributed by atoms with Crippen LogP contribution in [-0.4, -0.2) is 24.5 Å². The van der Waals surface area contributed by atoms with Gasteiger partial charge in [-0.15, -0.1) is 0 Å². The predicted octanol–water partition coefficient (Wildman–Crippen LogP) is 1.99. The van der Waals surface area contributed by atoms with Crippen LogP contribution in [0.3, 0.4) is 0 Å². The number of rotatable bonds is 5. The van der Waals surface area contributed by atoms with E-state index < -0.39 is 12.1 Å². The van der Waals surface area contributed by atoms with Gasteiger partial charge in [0.2, 0.25) is 0 Å². The van der Waals surface area contributed by atoms with Gasteiger partial charge in [0.25, 0.3) is 5.91 Å². The molecule has 1 amide bonds. The molecule has 1 aromatic carbocycles. The Morgan fingerprint density at radius 1 is 1.47 bits per heavy atom. The van der Waals surface area contributed by atoms with Crippen molar-refractivity contribution < 1.29 is 14.3 Å². The van der Waals surface area contributed by atoms with E-state index in [4.69, 9.17) is 22.1 Å². The molecule has 0 saturated heterocycles. The third-order valence-corrected chi connectivity index (χ3v) is 2.87. The molecule has 1 aromatic rings. The lowest BCUT2D eigenvalue weighted by Gasteiger charge is -2.14. The largest absolute Gasteiger partial charge is 0.449 e. The van der Waals surface area contributed by atoms with Crippen LogP contribution in [0.1, 0.15) is 30.6 Å². The summed E-state index contributed by atoms with van der Waals surface area (Å²) in [7, 11) is 0. The Morgan fingerprint density at radius 3 is 2.79 bits per heavy atom. The van der Waals surface area contributed by atoms with E-state index in [-0.39, 0.29) is 16.5 Å². The van der Waals surface area contributed by atoms with Crippen LogP contribution in [0.25, 0.3) is 0 Å². The second kappa shape index (κ2) is 6.99. The van der Waals surface area contributed by atoms with E-state index in [9.17, 15) is 9.59 Å². The smallest absolute Gasteiger partial charge is 0.340 e. The Balaban J connectivity index is 2.69. The number of anilines is 1. The fraction of sp³-hybridized carbons (Fsp3) is 0.385. The van der Waals surface area contributed by atoms with Gasteiger partial charge in [-0.3, -0.25) is 4.79 Å². The van der Waals surface area contributed by atoms with Gasteiger partial charge in [0.05, 0.1) is 16.3 Å². The SMILES string of the molecule is CCCNC(=O)C(C)OC(=O)c1cccc(N)c1Cl. The summed E-state index contributed by atoms with van der Waals surface area (Å²) in [6, 6.07) is 4.67. The van der Waals surface area contributed by atoms with E-state index >= 15 is 0 Å². The normalized spacial score (nSPS) is 11.7. The molecule has 0 fully saturated rings. The monoisotopic (exact) mass is 284 g/mol. The summed E-state index contributed by atoms with van der Waals surface area (Å²) in [4.78, 5) is 23.4. The van der Waals surface area contributed by atoms with E-state index in [0.717, 1.165) is 6.42 Å². The zero-order chi connectivity index (χ0) is 14.4. The molecular weight excluding hydrogens is 268 g/mol. The molecule has 0 spiro atoms. The van der Waals surface area contributed by atoms with E-state index in [1.54, 1.807) is 12.1 Å². The fourth-order valence-electron chi connectivity index (χ4n) is 1.38. The minimum atomic E-state index is -0.878. The molecular formula is C13H17ClN2O3. The van der Waals surface area contributed by atoms with Gasteiger partial charge in [0, 0.05) is 6.54 Å². The first kappa shape index (κ1) is 15.3. The molecule has 0 aromatic heterocycles. The highest BCUT2D eigenvalue weighted by molar-refractivity contribution is 6.36. The minimum Gasteiger partial charge on any atom is -0.449 e. The van der Waals surface area contributed by atoms with Crippen LogP contribution in [0.2, 0.25) is 5.02 Å². The number of amides is 1. The standard InChI is InChI=1S/C13H17ClN2O3/c1-3-7-16-12(17)8(2)19-13(18)9-5-4-6-10(15)11(9)14/h4-6,8H,3,7,15H2,1-2H3,(H,16,17). The van der Waals surface area contributed by atoms with Crippen LogP contribution in [0.15, 0.2) is 18.2 Å². The first-order chi connectivity index (χ1) is 8.97. The molecule has 6 heteroatoms. The van der Waals surface area contributed by atoms with Crippen molar-refractivity contribution in [2.45, 2.75) is 26.4 Å². The lowest BCUT2D eigenvalue weighted by Crippen LogP contribution is -2.36. The summed E-state index contributed by atoms with van der Waals surface area (Å²) in [5.41, 5.74) is 6.04. The van der Waals surface area contributed by atoms with Crippen molar-refractivity contribution in [2.24, 2.45) is 0 Å². The number of halogens is 1. The van der Waals surface area contributed by atoms with Gasteiger partial charge >= 0.3 is 5.97 Å². The number of esters is 1. The summed E-state index contributed by atoms with van der Waals surface area (Å²) in [5, 5.41) is 2.77. The molecule has 5 nitrogen and oxygen atoms in total. The van der Waals surface area contributed by atoms with E-state index in [2.05, 4.69) is 5.32 Å². The summed E-state index contributed by atoms with van der Waals surface area (Å²) < 4.78 is 5.04. The molecule has 1 unspecified atom stereocenters. The number of hydrogen-bond acceptors (Lipinski definition) is 4. The second-order valence-corrected chi connectivity index (χ2v) is 4.43. The van der Waals surface area contributed by atoms with Gasteiger partial charge in [0.15, 0.2) is 6.10 Å². The lowest BCUT2D eigenvalue weighted by molar-refractivity contribution is -0.129. The van der Waals surface area contributed by atoms with Crippen molar-refractivity contribution >= 4 is 29.2 Å². The van der Waals surface area contributed by atoms with Gasteiger partial charge in [-0.25, -0.2) is 4.79 Å². The van der Waals surface area contributed by atoms with E-state index in [1.807, 2.05) is 6.92 Å². The summed E-state index contributed by atoms with van der Waals surface area (Å²) >= 11 is 5.91. The van der Waals surface area contributed by atoms with Crippen LogP contribution in [0.5, 0.6) is 0 Å². The molecule has 1 atom stereocenters. The summed E-state index contributed by atoms with van der Waals surface area (Å²) in [6.07, 6.45) is -0.0652. The summed E-state index contributed by atoms with van der Waals surface area (Å²) in [5.74, 6) is -1.01. The number of carbonyl (C=O) groups is 2. The average Bonchev–Trinajstić information content (AvgIpc) is 2.38. The zero-order valence-corrected chi connectivity index (χ0v) is 11.7. The minimum absolute atomic E-state index is 0.133. The number of benzene rings is 1. The third-order valence-electron chi connectivity index (χ3n) is 2.45. The zero-order valence-electron chi connectivity index (χ0n) is 10.9. The van der Waals surface area contributed by atoms with E-state index in [1.165, 1.54) is 13.0 Å². The molecule has 0 aliphatic carbocycles. The third kappa shape index (κ3) is 4.13. The molecule has 0 aliphatic heterocycles. The highest BCUT2D eigenvalue weighted by atomic mass is 35.5. The lowest BCUT2D eigenvalue weighted by atomic mass is 10.2. The van der Waals surface area contributed by atoms with Crippen molar-refractivity contribution in [3.8, 4) is 0 Å². The molecule has 0 aliphatic rings. The van der Waals surface area contributed by atoms with E-state index in [0.29, 0.717) is 12.2 Å². The second-order valence-electron chi connectivity index (χ2n) is 4.05. The van der Waals surface area contributed by atoms with Gasteiger partial charge < -0.3 is 15.8 Å². The van der Waals surface area contributed by atoms with Crippen molar-refractivity contribution in [1.82, 2.24) is 5.32 Å². The number of nitrogens with two attached hydrogens (primary N) is 1. The average molecular weight is 285 g/mol. The number of ether oxygens (including phenoxy) is 1. The molecule has 0 saturated carbocycles. The number of hydrogen-bond donors (Lipinski definition) is 2. The quantitative estimate of drug-likeness (QED) is 0.640. The van der Waals surface area contributed by atoms with Gasteiger partial charge in [-0.05, 0) is 25.5 Å². The Hall–Kier alpha value is -1.75. The Morgan fingerprint density at radius 2 is 2.16 bits per heavy atom. The fourth-order valence-corrected chi connectivity index (χ4v) is 1.58. The molecule has 0 heterocycles. The van der Waals surface area contributed by atoms with Gasteiger partial charge in [0.1, 0.15) is 0 Å². The Labute approximate surface area is 117 Å². The van der Waals surface area contributed by atoms with Crippen LogP contribution >= 0.6 is 11.6 Å². The Bertz CT molecular complexity index is 477. The first-order valence-electron chi connectivity index (χ1n) is 6.00. The molecule has 0 bridgehead atoms. The van der Waals surface area contributed by atoms with Gasteiger partial charge in [-0.1, -0.05) is 24.6 Å². The molecule has 3 N–H and O–H groups in total. The predicted molar refractivity (Wildman–Crippen MR) is 74.0 cm³/mol. The number of nitrogen functional groups attached to an aromatic ring is 1. The maximum atomic E-state index is 11.9. The van der Waals surface area contributed by atoms with Crippen LogP contribution < -0.4 is 11.1 Å². The highest BCUT2D eigenvalue weighted by Crippen LogP contribution is 2.23. The van der Waals surface area contributed by atoms with Crippen LogP contribution in [-0.2, 0) is 9.53 Å². The maximum Gasteiger partial charge on any atom is 0.340 e. The number of nitrogens with one attached hydrogen (secondary N) is 1. The van der Waals surface area contributed by atoms with Crippen molar-refractivity contribution in [3.05, 3.63) is 28.8 Å². The summed E-state index contributed by atoms with van der Waals surface area (Å²) in [6.45, 7) is 3.98. The van der Waals surface area contributed by atoms with Crippen molar-refractivity contribution in [3.63, 3.8) is 0 Å². The molecule has 0 radical (unpaired) electrons. The topological polar surface area (TPSA) is 81.4 Å². The highest BCUT2D eigenvalue weighted by Gasteiger charge is 2.20. The van der Waals surface area contributed by atoms with Crippen LogP contribution in [0.4, 0.5) is 5.69 Å². The first-order valence-corrected chi connectivity index (χ1v) is 6.37. The molecule has 19 heavy (non-hydrogen) atoms. The molecule has 1 rings (SSSR count). The van der Waals surface area contributed by atoms with Gasteiger partial charge in [-0.2, -0.15) is 0 Å². The maximum absolute atomic E-state index is 11.9. The Kier molecular flexibility index (Phi) is 5.63. The van der Waals surface area contributed by atoms with Crippen LogP contribution in [0, 0.1) is 0 Å². The number of carbonyl (C=O) groups excluding carboxylic acids is 2. The molecule has 104 valence electrons. The van der Waals surface area contributed by atoms with Crippen molar-refractivity contribution in [2.75, 3.05) is 12.3 Å².